The van der Waals surface area contributed by atoms with Gasteiger partial charge in [-0.2, -0.15) is 0 Å². The number of anilines is 1. The molecule has 0 saturated heterocycles. The molecular formula is C21H24N4O3S. The van der Waals surface area contributed by atoms with E-state index in [-0.39, 0.29) is 36.9 Å². The van der Waals surface area contributed by atoms with Crippen molar-refractivity contribution in [2.45, 2.75) is 40.7 Å². The minimum absolute atomic E-state index is 0.0892. The van der Waals surface area contributed by atoms with Gasteiger partial charge in [0.2, 0.25) is 11.8 Å². The summed E-state index contributed by atoms with van der Waals surface area (Å²) in [6.45, 7) is 7.79. The zero-order valence-electron chi connectivity index (χ0n) is 17.0. The number of benzene rings is 1. The quantitative estimate of drug-likeness (QED) is 0.651. The van der Waals surface area contributed by atoms with Crippen LogP contribution < -0.4 is 16.2 Å². The number of aromatic nitrogens is 2. The maximum absolute atomic E-state index is 12.6. The van der Waals surface area contributed by atoms with Gasteiger partial charge in [0.25, 0.3) is 5.56 Å². The zero-order valence-corrected chi connectivity index (χ0v) is 17.8. The van der Waals surface area contributed by atoms with Crippen LogP contribution in [0.5, 0.6) is 0 Å². The number of rotatable bonds is 6. The summed E-state index contributed by atoms with van der Waals surface area (Å²) in [4.78, 5) is 43.0. The van der Waals surface area contributed by atoms with Crippen molar-refractivity contribution in [1.29, 1.82) is 0 Å². The molecule has 7 nitrogen and oxygen atoms in total. The summed E-state index contributed by atoms with van der Waals surface area (Å²) >= 11 is 1.49. The molecule has 0 aliphatic rings. The topological polar surface area (TPSA) is 93.1 Å². The van der Waals surface area contributed by atoms with Gasteiger partial charge < -0.3 is 10.6 Å². The Bertz CT molecular complexity index is 1130. The standard InChI is InChI=1S/C21H24N4O3S/c1-12-6-5-7-13(2)19(12)24-17(27)10-22-16(26)8-9-25-11-23-20-18(21(25)28)14(3)15(4)29-20/h5-7,11H,8-10H2,1-4H3,(H,22,26)(H,24,27). The van der Waals surface area contributed by atoms with Gasteiger partial charge in [0.15, 0.2) is 0 Å². The number of fused-ring (bicyclic) bond motifs is 1. The summed E-state index contributed by atoms with van der Waals surface area (Å²) in [6.07, 6.45) is 1.56. The van der Waals surface area contributed by atoms with Gasteiger partial charge in [-0.1, -0.05) is 18.2 Å². The van der Waals surface area contributed by atoms with Gasteiger partial charge in [-0.3, -0.25) is 19.0 Å². The molecular weight excluding hydrogens is 388 g/mol. The summed E-state index contributed by atoms with van der Waals surface area (Å²) in [6, 6.07) is 5.76. The molecule has 0 spiro atoms. The average Bonchev–Trinajstić information content (AvgIpc) is 2.97. The normalized spacial score (nSPS) is 10.9. The number of para-hydroxylation sites is 1. The number of carbonyl (C=O) groups is 2. The van der Waals surface area contributed by atoms with Crippen LogP contribution in [0.15, 0.2) is 29.3 Å². The highest BCUT2D eigenvalue weighted by Crippen LogP contribution is 2.25. The summed E-state index contributed by atoms with van der Waals surface area (Å²) in [5.74, 6) is -0.591. The van der Waals surface area contributed by atoms with Gasteiger partial charge in [0, 0.05) is 23.5 Å². The van der Waals surface area contributed by atoms with Crippen molar-refractivity contribution in [2.75, 3.05) is 11.9 Å². The monoisotopic (exact) mass is 412 g/mol. The molecule has 2 N–H and O–H groups in total. The minimum Gasteiger partial charge on any atom is -0.347 e. The first-order valence-corrected chi connectivity index (χ1v) is 10.2. The Morgan fingerprint density at radius 2 is 1.79 bits per heavy atom. The summed E-state index contributed by atoms with van der Waals surface area (Å²) in [5, 5.41) is 6.04. The molecule has 0 aliphatic carbocycles. The van der Waals surface area contributed by atoms with Crippen molar-refractivity contribution in [3.8, 4) is 0 Å². The van der Waals surface area contributed by atoms with Crippen LogP contribution in [0.1, 0.15) is 28.0 Å². The van der Waals surface area contributed by atoms with E-state index in [9.17, 15) is 14.4 Å². The number of carbonyl (C=O) groups excluding carboxylic acids is 2. The molecule has 0 atom stereocenters. The van der Waals surface area contributed by atoms with E-state index in [0.717, 1.165) is 27.3 Å². The summed E-state index contributed by atoms with van der Waals surface area (Å²) in [7, 11) is 0. The van der Waals surface area contributed by atoms with Crippen molar-refractivity contribution in [2.24, 2.45) is 0 Å². The molecule has 0 unspecified atom stereocenters. The molecule has 0 saturated carbocycles. The van der Waals surface area contributed by atoms with Crippen LogP contribution in [0.25, 0.3) is 10.2 Å². The van der Waals surface area contributed by atoms with E-state index < -0.39 is 0 Å². The molecule has 3 aromatic rings. The average molecular weight is 413 g/mol. The third kappa shape index (κ3) is 4.54. The number of amides is 2. The second kappa shape index (κ2) is 8.57. The second-order valence-corrected chi connectivity index (χ2v) is 8.25. The van der Waals surface area contributed by atoms with Crippen LogP contribution in [-0.4, -0.2) is 27.9 Å². The van der Waals surface area contributed by atoms with Crippen LogP contribution in [0, 0.1) is 27.7 Å². The lowest BCUT2D eigenvalue weighted by molar-refractivity contribution is -0.124. The highest BCUT2D eigenvalue weighted by atomic mass is 32.1. The fourth-order valence-corrected chi connectivity index (χ4v) is 4.10. The minimum atomic E-state index is -0.299. The first-order chi connectivity index (χ1) is 13.8. The van der Waals surface area contributed by atoms with E-state index in [1.165, 1.54) is 22.2 Å². The summed E-state index contributed by atoms with van der Waals surface area (Å²) in [5.41, 5.74) is 3.48. The molecule has 2 heterocycles. The third-order valence-electron chi connectivity index (χ3n) is 4.93. The predicted molar refractivity (Wildman–Crippen MR) is 116 cm³/mol. The maximum atomic E-state index is 12.6. The van der Waals surface area contributed by atoms with Crippen LogP contribution in [-0.2, 0) is 16.1 Å². The molecule has 2 amide bonds. The van der Waals surface area contributed by atoms with Crippen molar-refractivity contribution in [3.05, 3.63) is 56.4 Å². The number of hydrogen-bond acceptors (Lipinski definition) is 5. The first-order valence-electron chi connectivity index (χ1n) is 9.36. The van der Waals surface area contributed by atoms with E-state index in [1.54, 1.807) is 0 Å². The number of hydrogen-bond donors (Lipinski definition) is 2. The smallest absolute Gasteiger partial charge is 0.262 e. The number of nitrogens with zero attached hydrogens (tertiary/aromatic N) is 2. The molecule has 0 fully saturated rings. The summed E-state index contributed by atoms with van der Waals surface area (Å²) < 4.78 is 1.44. The molecule has 2 aromatic heterocycles. The third-order valence-corrected chi connectivity index (χ3v) is 6.04. The molecule has 152 valence electrons. The Hall–Kier alpha value is -3.00. The second-order valence-electron chi connectivity index (χ2n) is 7.05. The lowest BCUT2D eigenvalue weighted by Crippen LogP contribution is -2.34. The lowest BCUT2D eigenvalue weighted by atomic mass is 10.1. The van der Waals surface area contributed by atoms with Gasteiger partial charge in [-0.15, -0.1) is 11.3 Å². The molecule has 0 radical (unpaired) electrons. The Labute approximate surface area is 172 Å². The highest BCUT2D eigenvalue weighted by molar-refractivity contribution is 7.18. The van der Waals surface area contributed by atoms with Crippen LogP contribution in [0.2, 0.25) is 0 Å². The molecule has 29 heavy (non-hydrogen) atoms. The van der Waals surface area contributed by atoms with Crippen LogP contribution in [0.3, 0.4) is 0 Å². The fourth-order valence-electron chi connectivity index (χ4n) is 3.11. The largest absolute Gasteiger partial charge is 0.347 e. The van der Waals surface area contributed by atoms with E-state index in [4.69, 9.17) is 0 Å². The molecule has 0 bridgehead atoms. The molecule has 3 rings (SSSR count). The number of thiophene rings is 1. The highest BCUT2D eigenvalue weighted by Gasteiger charge is 2.13. The Morgan fingerprint density at radius 1 is 1.10 bits per heavy atom. The van der Waals surface area contributed by atoms with E-state index >= 15 is 0 Å². The van der Waals surface area contributed by atoms with Crippen molar-refractivity contribution in [1.82, 2.24) is 14.9 Å². The van der Waals surface area contributed by atoms with Crippen LogP contribution in [0.4, 0.5) is 5.69 Å². The first kappa shape index (κ1) is 20.7. The van der Waals surface area contributed by atoms with Gasteiger partial charge in [-0.25, -0.2) is 4.98 Å². The number of nitrogens with one attached hydrogen (secondary N) is 2. The maximum Gasteiger partial charge on any atom is 0.262 e. The number of aryl methyl sites for hydroxylation is 5. The fraction of sp³-hybridized carbons (Fsp3) is 0.333. The van der Waals surface area contributed by atoms with Crippen molar-refractivity contribution >= 4 is 39.1 Å². The van der Waals surface area contributed by atoms with Gasteiger partial charge >= 0.3 is 0 Å². The van der Waals surface area contributed by atoms with Crippen LogP contribution >= 0.6 is 11.3 Å². The van der Waals surface area contributed by atoms with Crippen molar-refractivity contribution < 1.29 is 9.59 Å². The predicted octanol–water partition coefficient (Wildman–Crippen LogP) is 2.84. The van der Waals surface area contributed by atoms with Gasteiger partial charge in [0.1, 0.15) is 4.83 Å². The van der Waals surface area contributed by atoms with E-state index in [0.29, 0.717) is 10.2 Å². The Morgan fingerprint density at radius 3 is 2.48 bits per heavy atom. The molecule has 8 heteroatoms. The zero-order chi connectivity index (χ0) is 21.1. The van der Waals surface area contributed by atoms with Crippen molar-refractivity contribution in [3.63, 3.8) is 0 Å². The van der Waals surface area contributed by atoms with Gasteiger partial charge in [0.05, 0.1) is 18.3 Å². The van der Waals surface area contributed by atoms with Gasteiger partial charge in [-0.05, 0) is 44.4 Å². The van der Waals surface area contributed by atoms with E-state index in [1.807, 2.05) is 45.9 Å². The SMILES string of the molecule is Cc1cccc(C)c1NC(=O)CNC(=O)CCn1cnc2sc(C)c(C)c2c1=O. The molecule has 1 aromatic carbocycles. The van der Waals surface area contributed by atoms with E-state index in [2.05, 4.69) is 15.6 Å². The Kier molecular flexibility index (Phi) is 6.12. The lowest BCUT2D eigenvalue weighted by Gasteiger charge is -2.12. The molecule has 0 aliphatic heterocycles. The Balaban J connectivity index is 1.56.